The lowest BCUT2D eigenvalue weighted by Crippen LogP contribution is -2.08. The summed E-state index contributed by atoms with van der Waals surface area (Å²) in [6.07, 6.45) is 1.85. The minimum Gasteiger partial charge on any atom is -0.410 e. The van der Waals surface area contributed by atoms with Gasteiger partial charge in [-0.3, -0.25) is 0 Å². The van der Waals surface area contributed by atoms with E-state index < -0.39 is 0 Å². The minimum atomic E-state index is 0.407. The molecule has 23 heavy (non-hydrogen) atoms. The molecule has 0 unspecified atom stereocenters. The van der Waals surface area contributed by atoms with Crippen LogP contribution in [0, 0.1) is 0 Å². The van der Waals surface area contributed by atoms with Crippen LogP contribution in [0.1, 0.15) is 16.7 Å². The van der Waals surface area contributed by atoms with Gasteiger partial charge in [0.1, 0.15) is 11.4 Å². The molecule has 0 heterocycles. The Bertz CT molecular complexity index is 777. The Labute approximate surface area is 134 Å². The van der Waals surface area contributed by atoms with Crippen molar-refractivity contribution in [2.24, 2.45) is 10.3 Å². The van der Waals surface area contributed by atoms with Crippen LogP contribution in [0.25, 0.3) is 6.08 Å². The van der Waals surface area contributed by atoms with Gasteiger partial charge >= 0.3 is 0 Å². The van der Waals surface area contributed by atoms with Crippen LogP contribution in [0.2, 0.25) is 0 Å². The molecule has 1 aliphatic rings. The molecule has 0 radical (unpaired) electrons. The van der Waals surface area contributed by atoms with Crippen molar-refractivity contribution in [3.05, 3.63) is 70.8 Å². The second-order valence-corrected chi connectivity index (χ2v) is 5.49. The smallest absolute Gasteiger partial charge is 0.120 e. The van der Waals surface area contributed by atoms with E-state index in [2.05, 4.69) is 10.3 Å². The van der Waals surface area contributed by atoms with Crippen molar-refractivity contribution in [3.8, 4) is 0 Å². The van der Waals surface area contributed by atoms with Crippen LogP contribution in [0.15, 0.2) is 64.4 Å². The van der Waals surface area contributed by atoms with Crippen molar-refractivity contribution >= 4 is 23.2 Å². The molecule has 0 saturated carbocycles. The van der Waals surface area contributed by atoms with E-state index in [9.17, 15) is 10.4 Å². The van der Waals surface area contributed by atoms with E-state index in [0.29, 0.717) is 17.0 Å². The molecule has 5 nitrogen and oxygen atoms in total. The Hall–Kier alpha value is -3.08. The predicted molar refractivity (Wildman–Crippen MR) is 91.8 cm³/mol. The molecule has 0 saturated heterocycles. The molecule has 0 atom stereocenters. The molecule has 0 fully saturated rings. The van der Waals surface area contributed by atoms with E-state index in [-0.39, 0.29) is 0 Å². The molecule has 2 N–H and O–H groups in total. The van der Waals surface area contributed by atoms with Crippen LogP contribution >= 0.6 is 0 Å². The average molecular weight is 307 g/mol. The highest BCUT2D eigenvalue weighted by molar-refractivity contribution is 6.44. The minimum absolute atomic E-state index is 0.407. The van der Waals surface area contributed by atoms with Gasteiger partial charge in [0.25, 0.3) is 0 Å². The quantitative estimate of drug-likeness (QED) is 0.661. The number of anilines is 1. The first-order chi connectivity index (χ1) is 11.2. The number of rotatable bonds is 2. The second-order valence-electron chi connectivity index (χ2n) is 5.49. The van der Waals surface area contributed by atoms with Gasteiger partial charge in [0, 0.05) is 36.5 Å². The predicted octanol–water partition coefficient (Wildman–Crippen LogP) is 3.21. The summed E-state index contributed by atoms with van der Waals surface area (Å²) < 4.78 is 0. The van der Waals surface area contributed by atoms with Crippen LogP contribution < -0.4 is 4.90 Å². The standard InChI is InChI=1S/C18H17N3O2/c1-21(2)13-9-7-12(8-10-13)11-16-17(19-22)14-5-3-4-6-15(14)18(16)20-23/h3-11,22-23H,1-2H3/b19-17+,20-18+. The summed E-state index contributed by atoms with van der Waals surface area (Å²) in [5.74, 6) is 0. The van der Waals surface area contributed by atoms with Crippen molar-refractivity contribution in [1.82, 2.24) is 0 Å². The molecule has 3 rings (SSSR count). The van der Waals surface area contributed by atoms with Crippen molar-refractivity contribution in [3.63, 3.8) is 0 Å². The molecule has 0 aliphatic heterocycles. The average Bonchev–Trinajstić information content (AvgIpc) is 2.87. The SMILES string of the molecule is CN(C)c1ccc(C=C2/C(=N/O)c3ccccc3/C2=N\O)cc1. The van der Waals surface area contributed by atoms with E-state index >= 15 is 0 Å². The largest absolute Gasteiger partial charge is 0.410 e. The first-order valence-electron chi connectivity index (χ1n) is 7.19. The third-order valence-electron chi connectivity index (χ3n) is 3.87. The zero-order valence-corrected chi connectivity index (χ0v) is 12.9. The fourth-order valence-electron chi connectivity index (χ4n) is 2.69. The van der Waals surface area contributed by atoms with Gasteiger partial charge in [0.2, 0.25) is 0 Å². The second kappa shape index (κ2) is 5.96. The first-order valence-corrected chi connectivity index (χ1v) is 7.19. The molecule has 0 amide bonds. The molecule has 0 bridgehead atoms. The van der Waals surface area contributed by atoms with Gasteiger partial charge in [0.15, 0.2) is 0 Å². The van der Waals surface area contributed by atoms with Crippen LogP contribution in [0.5, 0.6) is 0 Å². The maximum absolute atomic E-state index is 9.40. The van der Waals surface area contributed by atoms with Gasteiger partial charge in [-0.05, 0) is 23.8 Å². The fourth-order valence-corrected chi connectivity index (χ4v) is 2.69. The van der Waals surface area contributed by atoms with E-state index in [0.717, 1.165) is 22.4 Å². The molecule has 116 valence electrons. The summed E-state index contributed by atoms with van der Waals surface area (Å²) in [7, 11) is 3.96. The molecular formula is C18H17N3O2. The summed E-state index contributed by atoms with van der Waals surface area (Å²) in [4.78, 5) is 2.02. The van der Waals surface area contributed by atoms with E-state index in [1.54, 1.807) is 0 Å². The summed E-state index contributed by atoms with van der Waals surface area (Å²) in [5.41, 5.74) is 4.93. The first kappa shape index (κ1) is 14.8. The van der Waals surface area contributed by atoms with Gasteiger partial charge in [-0.2, -0.15) is 0 Å². The maximum atomic E-state index is 9.40. The molecule has 1 aliphatic carbocycles. The lowest BCUT2D eigenvalue weighted by molar-refractivity contribution is 0.318. The summed E-state index contributed by atoms with van der Waals surface area (Å²) in [6, 6.07) is 15.3. The van der Waals surface area contributed by atoms with Gasteiger partial charge in [-0.1, -0.05) is 46.7 Å². The van der Waals surface area contributed by atoms with Crippen molar-refractivity contribution < 1.29 is 10.4 Å². The van der Waals surface area contributed by atoms with Crippen molar-refractivity contribution in [2.45, 2.75) is 0 Å². The molecular weight excluding hydrogens is 290 g/mol. The highest BCUT2D eigenvalue weighted by atomic mass is 16.4. The van der Waals surface area contributed by atoms with E-state index in [4.69, 9.17) is 0 Å². The number of hydrogen-bond acceptors (Lipinski definition) is 5. The Morgan fingerprint density at radius 3 is 1.78 bits per heavy atom. The van der Waals surface area contributed by atoms with E-state index in [1.807, 2.05) is 73.6 Å². The Morgan fingerprint density at radius 2 is 1.35 bits per heavy atom. The Balaban J connectivity index is 2.08. The highest BCUT2D eigenvalue weighted by Gasteiger charge is 2.30. The lowest BCUT2D eigenvalue weighted by atomic mass is 10.1. The van der Waals surface area contributed by atoms with E-state index in [1.165, 1.54) is 0 Å². The topological polar surface area (TPSA) is 68.4 Å². The number of nitrogens with zero attached hydrogens (tertiary/aromatic N) is 3. The van der Waals surface area contributed by atoms with Gasteiger partial charge in [-0.25, -0.2) is 0 Å². The monoisotopic (exact) mass is 307 g/mol. The molecule has 0 aromatic heterocycles. The zero-order valence-electron chi connectivity index (χ0n) is 12.9. The lowest BCUT2D eigenvalue weighted by Gasteiger charge is -2.12. The third kappa shape index (κ3) is 2.57. The normalized spacial score (nSPS) is 16.7. The molecule has 2 aromatic carbocycles. The van der Waals surface area contributed by atoms with Crippen LogP contribution in [-0.4, -0.2) is 35.9 Å². The molecule has 0 spiro atoms. The number of oxime groups is 2. The number of hydrogen-bond donors (Lipinski definition) is 2. The van der Waals surface area contributed by atoms with Crippen LogP contribution in [0.3, 0.4) is 0 Å². The number of fused-ring (bicyclic) bond motifs is 1. The fraction of sp³-hybridized carbons (Fsp3) is 0.111. The van der Waals surface area contributed by atoms with Crippen molar-refractivity contribution in [1.29, 1.82) is 0 Å². The van der Waals surface area contributed by atoms with Crippen molar-refractivity contribution in [2.75, 3.05) is 19.0 Å². The Morgan fingerprint density at radius 1 is 0.826 bits per heavy atom. The van der Waals surface area contributed by atoms with Crippen LogP contribution in [0.4, 0.5) is 5.69 Å². The summed E-state index contributed by atoms with van der Waals surface area (Å²) in [5, 5.41) is 25.6. The van der Waals surface area contributed by atoms with Gasteiger partial charge in [-0.15, -0.1) is 0 Å². The number of benzene rings is 2. The number of allylic oxidation sites excluding steroid dienone is 1. The van der Waals surface area contributed by atoms with Gasteiger partial charge < -0.3 is 15.3 Å². The van der Waals surface area contributed by atoms with Crippen LogP contribution in [-0.2, 0) is 0 Å². The molecule has 2 aromatic rings. The Kier molecular flexibility index (Phi) is 3.85. The zero-order chi connectivity index (χ0) is 16.4. The third-order valence-corrected chi connectivity index (χ3v) is 3.87. The summed E-state index contributed by atoms with van der Waals surface area (Å²) >= 11 is 0. The van der Waals surface area contributed by atoms with Gasteiger partial charge in [0.05, 0.1) is 0 Å². The summed E-state index contributed by atoms with van der Waals surface area (Å²) in [6.45, 7) is 0. The highest BCUT2D eigenvalue weighted by Crippen LogP contribution is 2.29. The molecule has 5 heteroatoms. The maximum Gasteiger partial charge on any atom is 0.120 e.